The van der Waals surface area contributed by atoms with E-state index in [9.17, 15) is 9.59 Å². The first-order chi connectivity index (χ1) is 21.7. The Morgan fingerprint density at radius 2 is 2.04 bits per heavy atom. The molecule has 3 aromatic heterocycles. The third kappa shape index (κ3) is 5.30. The number of methoxy groups -OCH3 is 1. The molecule has 0 unspecified atom stereocenters. The van der Waals surface area contributed by atoms with Gasteiger partial charge in [0.25, 0.3) is 0 Å². The molecule has 4 heterocycles. The minimum Gasteiger partial charge on any atom is -0.494 e. The van der Waals surface area contributed by atoms with Crippen molar-refractivity contribution in [3.8, 4) is 17.0 Å². The number of amides is 1. The molecule has 0 fully saturated rings. The van der Waals surface area contributed by atoms with Crippen molar-refractivity contribution in [1.82, 2.24) is 14.7 Å². The van der Waals surface area contributed by atoms with E-state index in [1.807, 2.05) is 61.0 Å². The van der Waals surface area contributed by atoms with E-state index in [1.165, 1.54) is 46.0 Å². The number of thioether (sulfide) groups is 1. The largest absolute Gasteiger partial charge is 0.494 e. The Morgan fingerprint density at radius 3 is 2.78 bits per heavy atom. The smallest absolute Gasteiger partial charge is 0.374 e. The van der Waals surface area contributed by atoms with E-state index >= 15 is 0 Å². The van der Waals surface area contributed by atoms with Gasteiger partial charge in [-0.3, -0.25) is 16.0 Å². The maximum absolute atomic E-state index is 14.2. The van der Waals surface area contributed by atoms with Crippen LogP contribution in [0.15, 0.2) is 66.7 Å². The average molecular weight is 645 g/mol. The summed E-state index contributed by atoms with van der Waals surface area (Å²) in [6, 6.07) is 13.0. The first kappa shape index (κ1) is 30.2. The summed E-state index contributed by atoms with van der Waals surface area (Å²) in [5.41, 5.74) is 13.0. The van der Waals surface area contributed by atoms with E-state index in [0.717, 1.165) is 15.6 Å². The number of nitrogens with one attached hydrogen (secondary N) is 2. The highest BCUT2D eigenvalue weighted by Gasteiger charge is 2.46. The predicted molar refractivity (Wildman–Crippen MR) is 182 cm³/mol. The van der Waals surface area contributed by atoms with Gasteiger partial charge >= 0.3 is 5.97 Å². The SMILES string of the molecule is C=CC(=O)Nc1cc(NN2c3nc(c4sccc4n3)-c3cn(c4ccccc34)OC(=O)[C@@]2(N)CCSC)c(OC)cc1N(C)C. The molecule has 0 spiro atoms. The highest BCUT2D eigenvalue weighted by atomic mass is 32.2. The average Bonchev–Trinajstić information content (AvgIpc) is 3.66. The van der Waals surface area contributed by atoms with Crippen LogP contribution in [0, 0.1) is 0 Å². The third-order valence-corrected chi connectivity index (χ3v) is 9.04. The Labute approximate surface area is 267 Å². The van der Waals surface area contributed by atoms with Crippen molar-refractivity contribution in [1.29, 1.82) is 0 Å². The number of rotatable bonds is 9. The van der Waals surface area contributed by atoms with Gasteiger partial charge in [-0.15, -0.1) is 11.3 Å². The van der Waals surface area contributed by atoms with Gasteiger partial charge in [0.05, 0.1) is 51.8 Å². The summed E-state index contributed by atoms with van der Waals surface area (Å²) in [5, 5.41) is 7.10. The van der Waals surface area contributed by atoms with E-state index in [1.54, 1.807) is 18.3 Å². The van der Waals surface area contributed by atoms with Crippen LogP contribution in [0.3, 0.4) is 0 Å². The van der Waals surface area contributed by atoms with E-state index in [4.69, 9.17) is 25.3 Å². The van der Waals surface area contributed by atoms with Crippen LogP contribution in [0.25, 0.3) is 32.4 Å². The standard InChI is InChI=1S/C31H32N8O4S2/c1-6-26(40)33-21-15-22(25(42-4)16-24(21)37(2)3)36-39-30-34-20-11-13-45-28(20)27(35-30)19-17-38(23-10-8-7-9-18(19)23)43-29(41)31(39,32)12-14-44-5/h6-11,13,15-17,36H,1,12,14,32H2,2-5H3,(H,33,40)/t31-/m1/s1. The molecule has 4 N–H and O–H groups in total. The molecular formula is C31H32N8O4S2. The number of fused-ring (bicyclic) bond motifs is 10. The van der Waals surface area contributed by atoms with Gasteiger partial charge in [-0.1, -0.05) is 24.8 Å². The number of benzene rings is 2. The van der Waals surface area contributed by atoms with Gasteiger partial charge in [0.2, 0.25) is 17.5 Å². The van der Waals surface area contributed by atoms with Gasteiger partial charge in [0, 0.05) is 37.5 Å². The number of carbonyl (C=O) groups is 2. The van der Waals surface area contributed by atoms with Gasteiger partial charge < -0.3 is 19.8 Å². The fourth-order valence-corrected chi connectivity index (χ4v) is 6.56. The molecule has 12 nitrogen and oxygen atoms in total. The second-order valence-corrected chi connectivity index (χ2v) is 12.4. The van der Waals surface area contributed by atoms with Crippen molar-refractivity contribution in [3.05, 3.63) is 66.7 Å². The number of thiophene rings is 1. The van der Waals surface area contributed by atoms with Crippen LogP contribution < -0.4 is 36.0 Å². The first-order valence-corrected chi connectivity index (χ1v) is 16.2. The van der Waals surface area contributed by atoms with Gasteiger partial charge in [-0.25, -0.2) is 19.8 Å². The van der Waals surface area contributed by atoms with Gasteiger partial charge in [0.1, 0.15) is 5.75 Å². The zero-order chi connectivity index (χ0) is 31.9. The number of hydrazine groups is 1. The van der Waals surface area contributed by atoms with Crippen LogP contribution in [0.2, 0.25) is 0 Å². The van der Waals surface area contributed by atoms with Crippen molar-refractivity contribution in [2.75, 3.05) is 53.9 Å². The van der Waals surface area contributed by atoms with Gasteiger partial charge in [-0.2, -0.15) is 16.5 Å². The molecule has 2 aromatic carbocycles. The second-order valence-electron chi connectivity index (χ2n) is 10.5. The van der Waals surface area contributed by atoms with Crippen molar-refractivity contribution in [2.24, 2.45) is 5.73 Å². The number of ether oxygens (including phenoxy) is 1. The molecule has 0 aliphatic carbocycles. The third-order valence-electron chi connectivity index (χ3n) is 7.52. The lowest BCUT2D eigenvalue weighted by molar-refractivity contribution is -0.150. The predicted octanol–water partition coefficient (Wildman–Crippen LogP) is 4.72. The topological polar surface area (TPSA) is 140 Å². The molecule has 1 aliphatic heterocycles. The van der Waals surface area contributed by atoms with E-state index in [-0.39, 0.29) is 12.4 Å². The Hall–Kier alpha value is -4.79. The monoisotopic (exact) mass is 644 g/mol. The lowest BCUT2D eigenvalue weighted by Crippen LogP contribution is -2.67. The number of anilines is 4. The second kappa shape index (κ2) is 12.0. The quantitative estimate of drug-likeness (QED) is 0.192. The van der Waals surface area contributed by atoms with Crippen molar-refractivity contribution in [2.45, 2.75) is 12.1 Å². The summed E-state index contributed by atoms with van der Waals surface area (Å²) < 4.78 is 8.10. The fraction of sp³-hybridized carbons (Fsp3) is 0.226. The minimum absolute atomic E-state index is 0.158. The zero-order valence-electron chi connectivity index (χ0n) is 25.2. The fourth-order valence-electron chi connectivity index (χ4n) is 5.21. The molecule has 1 atom stereocenters. The number of hydrogen-bond acceptors (Lipinski definition) is 12. The van der Waals surface area contributed by atoms with Crippen LogP contribution in [0.1, 0.15) is 6.42 Å². The van der Waals surface area contributed by atoms with Crippen molar-refractivity contribution in [3.63, 3.8) is 0 Å². The summed E-state index contributed by atoms with van der Waals surface area (Å²) in [5.74, 6) is -0.0165. The molecular weight excluding hydrogens is 613 g/mol. The summed E-state index contributed by atoms with van der Waals surface area (Å²) in [7, 11) is 5.23. The maximum Gasteiger partial charge on any atom is 0.374 e. The van der Waals surface area contributed by atoms with Crippen molar-refractivity contribution < 1.29 is 19.2 Å². The molecule has 1 amide bonds. The van der Waals surface area contributed by atoms with Crippen LogP contribution in [0.5, 0.6) is 5.75 Å². The number of nitrogens with two attached hydrogens (primary N) is 1. The van der Waals surface area contributed by atoms with E-state index in [0.29, 0.717) is 45.3 Å². The van der Waals surface area contributed by atoms with Crippen molar-refractivity contribution >= 4 is 79.1 Å². The summed E-state index contributed by atoms with van der Waals surface area (Å²) in [6.45, 7) is 3.57. The Bertz CT molecular complexity index is 1950. The summed E-state index contributed by atoms with van der Waals surface area (Å²) in [4.78, 5) is 44.4. The number of carbonyl (C=O) groups excluding carboxylic acids is 2. The van der Waals surface area contributed by atoms with Gasteiger partial charge in [-0.05, 0) is 41.7 Å². The first-order valence-electron chi connectivity index (χ1n) is 13.9. The minimum atomic E-state index is -1.80. The Morgan fingerprint density at radius 1 is 1.24 bits per heavy atom. The normalized spacial score (nSPS) is 15.9. The maximum atomic E-state index is 14.2. The number of nitrogens with zero attached hydrogens (tertiary/aromatic N) is 5. The lowest BCUT2D eigenvalue weighted by atomic mass is 10.1. The number of para-hydroxylation sites is 1. The van der Waals surface area contributed by atoms with E-state index < -0.39 is 17.5 Å². The van der Waals surface area contributed by atoms with E-state index in [2.05, 4.69) is 17.3 Å². The molecule has 0 saturated heterocycles. The molecule has 5 aromatic rings. The molecule has 14 heteroatoms. The molecule has 1 aliphatic rings. The highest BCUT2D eigenvalue weighted by molar-refractivity contribution is 7.98. The van der Waals surface area contributed by atoms with Gasteiger partial charge in [0.15, 0.2) is 0 Å². The summed E-state index contributed by atoms with van der Waals surface area (Å²) >= 11 is 3.06. The number of hydrogen-bond donors (Lipinski definition) is 3. The summed E-state index contributed by atoms with van der Waals surface area (Å²) in [6.07, 6.45) is 5.06. The molecule has 0 radical (unpaired) electrons. The lowest BCUT2D eigenvalue weighted by Gasteiger charge is -2.39. The Balaban J connectivity index is 1.60. The van der Waals surface area contributed by atoms with Crippen LogP contribution >= 0.6 is 23.1 Å². The molecule has 0 saturated carbocycles. The molecule has 6 rings (SSSR count). The molecule has 4 bridgehead atoms. The number of aromatic nitrogens is 3. The van der Waals surface area contributed by atoms with Crippen LogP contribution in [0.4, 0.5) is 23.0 Å². The molecule has 232 valence electrons. The zero-order valence-corrected chi connectivity index (χ0v) is 26.8. The highest BCUT2D eigenvalue weighted by Crippen LogP contribution is 2.41. The van der Waals surface area contributed by atoms with Crippen LogP contribution in [-0.4, -0.2) is 65.5 Å². The molecule has 45 heavy (non-hydrogen) atoms. The van der Waals surface area contributed by atoms with Crippen LogP contribution in [-0.2, 0) is 9.59 Å². The Kier molecular flexibility index (Phi) is 8.03.